The lowest BCUT2D eigenvalue weighted by Crippen LogP contribution is -2.19. The summed E-state index contributed by atoms with van der Waals surface area (Å²) < 4.78 is 1.90. The summed E-state index contributed by atoms with van der Waals surface area (Å²) in [5.41, 5.74) is 1.13. The van der Waals surface area contributed by atoms with Crippen LogP contribution in [-0.2, 0) is 13.1 Å². The van der Waals surface area contributed by atoms with E-state index in [-0.39, 0.29) is 0 Å². The predicted octanol–water partition coefficient (Wildman–Crippen LogP) is 1.72. The minimum absolute atomic E-state index is 0.528. The Morgan fingerprint density at radius 1 is 1.38 bits per heavy atom. The van der Waals surface area contributed by atoms with Gasteiger partial charge in [0, 0.05) is 31.7 Å². The highest BCUT2D eigenvalue weighted by molar-refractivity contribution is 6.29. The lowest BCUT2D eigenvalue weighted by Gasteiger charge is -2.04. The summed E-state index contributed by atoms with van der Waals surface area (Å²) >= 11 is 5.70. The molecule has 0 amide bonds. The van der Waals surface area contributed by atoms with Crippen molar-refractivity contribution in [1.29, 1.82) is 0 Å². The average Bonchev–Trinajstić information content (AvgIpc) is 2.80. The first-order chi connectivity index (χ1) is 7.84. The van der Waals surface area contributed by atoms with E-state index in [0.29, 0.717) is 5.15 Å². The topological polar surface area (TPSA) is 42.7 Å². The Morgan fingerprint density at radius 2 is 2.31 bits per heavy atom. The Hall–Kier alpha value is -1.39. The van der Waals surface area contributed by atoms with Crippen LogP contribution in [-0.4, -0.2) is 21.3 Å². The molecule has 4 nitrogen and oxygen atoms in total. The molecule has 0 saturated heterocycles. The number of pyridine rings is 1. The van der Waals surface area contributed by atoms with Crippen molar-refractivity contribution in [1.82, 2.24) is 20.1 Å². The first kappa shape index (κ1) is 11.1. The van der Waals surface area contributed by atoms with E-state index in [9.17, 15) is 0 Å². The second-order valence-corrected chi connectivity index (χ2v) is 3.82. The minimum Gasteiger partial charge on any atom is -0.311 e. The van der Waals surface area contributed by atoms with Gasteiger partial charge in [-0.15, -0.1) is 0 Å². The largest absolute Gasteiger partial charge is 0.311 e. The van der Waals surface area contributed by atoms with E-state index in [0.717, 1.165) is 25.2 Å². The molecule has 2 rings (SSSR count). The van der Waals surface area contributed by atoms with Crippen LogP contribution in [0.25, 0.3) is 0 Å². The van der Waals surface area contributed by atoms with Gasteiger partial charge in [-0.1, -0.05) is 17.7 Å². The number of halogens is 1. The van der Waals surface area contributed by atoms with Gasteiger partial charge in [0.1, 0.15) is 5.15 Å². The van der Waals surface area contributed by atoms with Gasteiger partial charge in [0.15, 0.2) is 0 Å². The predicted molar refractivity (Wildman–Crippen MR) is 63.2 cm³/mol. The third-order valence-corrected chi connectivity index (χ3v) is 2.42. The van der Waals surface area contributed by atoms with Crippen molar-refractivity contribution >= 4 is 11.6 Å². The van der Waals surface area contributed by atoms with Gasteiger partial charge in [-0.2, -0.15) is 5.10 Å². The highest BCUT2D eigenvalue weighted by Gasteiger charge is 1.94. The van der Waals surface area contributed by atoms with Gasteiger partial charge in [-0.3, -0.25) is 4.68 Å². The van der Waals surface area contributed by atoms with Crippen molar-refractivity contribution in [3.05, 3.63) is 47.5 Å². The van der Waals surface area contributed by atoms with Gasteiger partial charge in [0.2, 0.25) is 0 Å². The molecular weight excluding hydrogens is 224 g/mol. The van der Waals surface area contributed by atoms with Crippen LogP contribution in [0.2, 0.25) is 5.15 Å². The molecule has 16 heavy (non-hydrogen) atoms. The molecule has 0 unspecified atom stereocenters. The summed E-state index contributed by atoms with van der Waals surface area (Å²) in [7, 11) is 0. The average molecular weight is 237 g/mol. The van der Waals surface area contributed by atoms with Crippen molar-refractivity contribution in [3.63, 3.8) is 0 Å². The maximum absolute atomic E-state index is 5.70. The fourth-order valence-electron chi connectivity index (χ4n) is 1.37. The molecule has 0 aliphatic carbocycles. The number of nitrogens with zero attached hydrogens (tertiary/aromatic N) is 3. The van der Waals surface area contributed by atoms with Crippen molar-refractivity contribution in [2.75, 3.05) is 6.54 Å². The zero-order valence-electron chi connectivity index (χ0n) is 8.81. The molecule has 84 valence electrons. The summed E-state index contributed by atoms with van der Waals surface area (Å²) in [4.78, 5) is 4.02. The monoisotopic (exact) mass is 236 g/mol. The van der Waals surface area contributed by atoms with E-state index in [1.807, 2.05) is 23.0 Å². The first-order valence-corrected chi connectivity index (χ1v) is 5.51. The second-order valence-electron chi connectivity index (χ2n) is 3.44. The summed E-state index contributed by atoms with van der Waals surface area (Å²) in [5.74, 6) is 0. The highest BCUT2D eigenvalue weighted by atomic mass is 35.5. The molecule has 0 aromatic carbocycles. The standard InChI is InChI=1S/C11H13ClN4/c12-11-3-2-10(9-14-11)8-13-5-7-16-6-1-4-15-16/h1-4,6,9,13H,5,7-8H2. The molecule has 5 heteroatoms. The first-order valence-electron chi connectivity index (χ1n) is 5.13. The van der Waals surface area contributed by atoms with Crippen LogP contribution in [0.4, 0.5) is 0 Å². The van der Waals surface area contributed by atoms with Crippen molar-refractivity contribution in [2.24, 2.45) is 0 Å². The number of nitrogens with one attached hydrogen (secondary N) is 1. The van der Waals surface area contributed by atoms with E-state index in [2.05, 4.69) is 15.4 Å². The van der Waals surface area contributed by atoms with E-state index in [1.54, 1.807) is 18.5 Å². The van der Waals surface area contributed by atoms with Crippen LogP contribution < -0.4 is 5.32 Å². The van der Waals surface area contributed by atoms with Gasteiger partial charge < -0.3 is 5.32 Å². The lowest BCUT2D eigenvalue weighted by molar-refractivity contribution is 0.554. The van der Waals surface area contributed by atoms with Gasteiger partial charge in [-0.25, -0.2) is 4.98 Å². The van der Waals surface area contributed by atoms with Gasteiger partial charge >= 0.3 is 0 Å². The van der Waals surface area contributed by atoms with E-state index >= 15 is 0 Å². The zero-order chi connectivity index (χ0) is 11.2. The SMILES string of the molecule is Clc1ccc(CNCCn2cccn2)cn1. The van der Waals surface area contributed by atoms with Crippen LogP contribution in [0.3, 0.4) is 0 Å². The Bertz CT molecular complexity index is 410. The minimum atomic E-state index is 0.528. The molecule has 0 atom stereocenters. The third-order valence-electron chi connectivity index (χ3n) is 2.19. The Morgan fingerprint density at radius 3 is 3.00 bits per heavy atom. The molecule has 0 radical (unpaired) electrons. The van der Waals surface area contributed by atoms with Gasteiger partial charge in [0.25, 0.3) is 0 Å². The quantitative estimate of drug-likeness (QED) is 0.635. The fourth-order valence-corrected chi connectivity index (χ4v) is 1.48. The molecule has 0 fully saturated rings. The number of hydrogen-bond acceptors (Lipinski definition) is 3. The Kier molecular flexibility index (Phi) is 3.91. The highest BCUT2D eigenvalue weighted by Crippen LogP contribution is 2.04. The van der Waals surface area contributed by atoms with E-state index in [1.165, 1.54) is 0 Å². The van der Waals surface area contributed by atoms with Gasteiger partial charge in [-0.05, 0) is 17.7 Å². The van der Waals surface area contributed by atoms with Crippen molar-refractivity contribution in [2.45, 2.75) is 13.1 Å². The molecule has 1 N–H and O–H groups in total. The number of aromatic nitrogens is 3. The second kappa shape index (κ2) is 5.63. The van der Waals surface area contributed by atoms with Crippen LogP contribution >= 0.6 is 11.6 Å². The fraction of sp³-hybridized carbons (Fsp3) is 0.273. The third kappa shape index (κ3) is 3.32. The molecule has 2 heterocycles. The van der Waals surface area contributed by atoms with E-state index < -0.39 is 0 Å². The maximum Gasteiger partial charge on any atom is 0.129 e. The molecule has 0 aliphatic rings. The Balaban J connectivity index is 1.70. The lowest BCUT2D eigenvalue weighted by atomic mass is 10.3. The van der Waals surface area contributed by atoms with Crippen molar-refractivity contribution in [3.8, 4) is 0 Å². The zero-order valence-corrected chi connectivity index (χ0v) is 9.56. The number of hydrogen-bond donors (Lipinski definition) is 1. The molecule has 0 saturated carbocycles. The summed E-state index contributed by atoms with van der Waals surface area (Å²) in [6.07, 6.45) is 5.51. The summed E-state index contributed by atoms with van der Waals surface area (Å²) in [5, 5.41) is 7.96. The van der Waals surface area contributed by atoms with Crippen LogP contribution in [0.5, 0.6) is 0 Å². The molecular formula is C11H13ClN4. The summed E-state index contributed by atoms with van der Waals surface area (Å²) in [6, 6.07) is 5.69. The summed E-state index contributed by atoms with van der Waals surface area (Å²) in [6.45, 7) is 2.55. The maximum atomic E-state index is 5.70. The Labute approximate surface area is 99.3 Å². The molecule has 2 aromatic heterocycles. The van der Waals surface area contributed by atoms with Crippen molar-refractivity contribution < 1.29 is 0 Å². The van der Waals surface area contributed by atoms with Gasteiger partial charge in [0.05, 0.1) is 6.54 Å². The van der Waals surface area contributed by atoms with E-state index in [4.69, 9.17) is 11.6 Å². The molecule has 0 spiro atoms. The normalized spacial score (nSPS) is 10.6. The molecule has 0 aliphatic heterocycles. The smallest absolute Gasteiger partial charge is 0.129 e. The van der Waals surface area contributed by atoms with Crippen LogP contribution in [0.15, 0.2) is 36.8 Å². The van der Waals surface area contributed by atoms with Crippen LogP contribution in [0, 0.1) is 0 Å². The molecule has 0 bridgehead atoms. The molecule has 2 aromatic rings. The number of rotatable bonds is 5. The van der Waals surface area contributed by atoms with Crippen LogP contribution in [0.1, 0.15) is 5.56 Å².